The van der Waals surface area contributed by atoms with Gasteiger partial charge < -0.3 is 10.4 Å². The fraction of sp³-hybridized carbons (Fsp3) is 0.560. The summed E-state index contributed by atoms with van der Waals surface area (Å²) in [6.07, 6.45) is 14.7. The number of hydrogen-bond acceptors (Lipinski definition) is 2. The smallest absolute Gasteiger partial charge is 0.219 e. The Morgan fingerprint density at radius 1 is 1.29 bits per heavy atom. The Kier molecular flexibility index (Phi) is 7.50. The number of carbonyl (C=O) groups excluding carboxylic acids is 1. The molecule has 1 amide bonds. The Bertz CT molecular complexity index is 721. The molecule has 152 valence electrons. The molecule has 0 aliphatic heterocycles. The van der Waals surface area contributed by atoms with Gasteiger partial charge in [0, 0.05) is 19.4 Å². The molecule has 3 rings (SSSR count). The van der Waals surface area contributed by atoms with E-state index in [-0.39, 0.29) is 12.0 Å². The minimum absolute atomic E-state index is 0.135. The van der Waals surface area contributed by atoms with Crippen molar-refractivity contribution in [2.24, 2.45) is 17.8 Å². The zero-order valence-electron chi connectivity index (χ0n) is 17.4. The largest absolute Gasteiger partial charge is 0.392 e. The van der Waals surface area contributed by atoms with E-state index in [9.17, 15) is 9.90 Å². The van der Waals surface area contributed by atoms with E-state index in [2.05, 4.69) is 54.7 Å². The standard InChI is InChI=1S/C25H35NO2/c1-18-8-7-11-19(14-18)9-3-5-12-22-23-16-20(15-21(23)17-24(22)27)10-4-6-13-25(28)26-2/h5,7-8,11-12,14-15,21-24,27H,3-4,6,9-10,13,16-17H2,1-2H3,(H,26,28)/b12-5+/t21-,22+,23-,24+/m0/s1. The number of benzene rings is 1. The highest BCUT2D eigenvalue weighted by molar-refractivity contribution is 5.75. The fourth-order valence-corrected chi connectivity index (χ4v) is 4.92. The molecule has 4 atom stereocenters. The first kappa shape index (κ1) is 20.9. The highest BCUT2D eigenvalue weighted by Crippen LogP contribution is 2.48. The van der Waals surface area contributed by atoms with Crippen LogP contribution < -0.4 is 5.32 Å². The van der Waals surface area contributed by atoms with Crippen LogP contribution in [0.15, 0.2) is 48.1 Å². The lowest BCUT2D eigenvalue weighted by molar-refractivity contribution is -0.120. The van der Waals surface area contributed by atoms with Gasteiger partial charge in [0.2, 0.25) is 5.91 Å². The highest BCUT2D eigenvalue weighted by Gasteiger charge is 2.42. The van der Waals surface area contributed by atoms with Crippen molar-refractivity contribution >= 4 is 5.91 Å². The Balaban J connectivity index is 1.44. The average Bonchev–Trinajstić information content (AvgIpc) is 3.19. The molecule has 0 heterocycles. The summed E-state index contributed by atoms with van der Waals surface area (Å²) >= 11 is 0. The quantitative estimate of drug-likeness (QED) is 0.480. The molecule has 0 aromatic heterocycles. The molecule has 1 aromatic rings. The normalized spacial score (nSPS) is 26.5. The van der Waals surface area contributed by atoms with E-state index in [4.69, 9.17) is 0 Å². The molecule has 0 saturated heterocycles. The molecule has 0 spiro atoms. The second-order valence-electron chi connectivity index (χ2n) is 8.57. The van der Waals surface area contributed by atoms with Gasteiger partial charge in [-0.25, -0.2) is 0 Å². The lowest BCUT2D eigenvalue weighted by Gasteiger charge is -2.18. The predicted octanol–water partition coefficient (Wildman–Crippen LogP) is 4.73. The first-order valence-electron chi connectivity index (χ1n) is 10.9. The van der Waals surface area contributed by atoms with Crippen LogP contribution in [-0.2, 0) is 11.2 Å². The summed E-state index contributed by atoms with van der Waals surface area (Å²) in [5.74, 6) is 1.54. The SMILES string of the molecule is CNC(=O)CCCCC1=C[C@H]2C[C@@H](O)[C@H](/C=C/CCc3cccc(C)c3)[C@H]2C1. The van der Waals surface area contributed by atoms with Gasteiger partial charge in [0.25, 0.3) is 0 Å². The first-order chi connectivity index (χ1) is 13.6. The summed E-state index contributed by atoms with van der Waals surface area (Å²) in [5, 5.41) is 13.2. The maximum Gasteiger partial charge on any atom is 0.219 e. The number of allylic oxidation sites excluding steroid dienone is 3. The van der Waals surface area contributed by atoms with Gasteiger partial charge in [-0.05, 0) is 69.3 Å². The monoisotopic (exact) mass is 381 g/mol. The molecule has 28 heavy (non-hydrogen) atoms. The third kappa shape index (κ3) is 5.57. The van der Waals surface area contributed by atoms with Crippen LogP contribution in [0.2, 0.25) is 0 Å². The summed E-state index contributed by atoms with van der Waals surface area (Å²) in [5.41, 5.74) is 4.24. The average molecular weight is 382 g/mol. The minimum atomic E-state index is -0.198. The summed E-state index contributed by atoms with van der Waals surface area (Å²) in [6, 6.07) is 8.71. The molecule has 3 nitrogen and oxygen atoms in total. The number of aryl methyl sites for hydroxylation is 2. The topological polar surface area (TPSA) is 49.3 Å². The summed E-state index contributed by atoms with van der Waals surface area (Å²) in [4.78, 5) is 11.3. The van der Waals surface area contributed by atoms with Crippen LogP contribution in [0.3, 0.4) is 0 Å². The number of unbranched alkanes of at least 4 members (excludes halogenated alkanes) is 1. The number of carbonyl (C=O) groups is 1. The van der Waals surface area contributed by atoms with E-state index >= 15 is 0 Å². The van der Waals surface area contributed by atoms with Gasteiger partial charge in [-0.15, -0.1) is 0 Å². The number of amides is 1. The van der Waals surface area contributed by atoms with Crippen molar-refractivity contribution in [2.45, 2.75) is 64.4 Å². The van der Waals surface area contributed by atoms with Gasteiger partial charge in [-0.2, -0.15) is 0 Å². The zero-order chi connectivity index (χ0) is 19.9. The summed E-state index contributed by atoms with van der Waals surface area (Å²) in [6.45, 7) is 2.14. The molecule has 0 bridgehead atoms. The van der Waals surface area contributed by atoms with Crippen molar-refractivity contribution < 1.29 is 9.90 Å². The van der Waals surface area contributed by atoms with Crippen LogP contribution in [0, 0.1) is 24.7 Å². The Hall–Kier alpha value is -1.87. The van der Waals surface area contributed by atoms with Crippen molar-refractivity contribution in [3.63, 3.8) is 0 Å². The van der Waals surface area contributed by atoms with Crippen LogP contribution in [0.5, 0.6) is 0 Å². The number of rotatable bonds is 9. The van der Waals surface area contributed by atoms with Crippen molar-refractivity contribution in [2.75, 3.05) is 7.05 Å². The van der Waals surface area contributed by atoms with E-state index in [1.165, 1.54) is 16.7 Å². The molecule has 3 heteroatoms. The third-order valence-electron chi connectivity index (χ3n) is 6.42. The van der Waals surface area contributed by atoms with Crippen molar-refractivity contribution in [3.8, 4) is 0 Å². The number of nitrogens with one attached hydrogen (secondary N) is 1. The zero-order valence-corrected chi connectivity index (χ0v) is 17.4. The molecule has 2 aliphatic carbocycles. The van der Waals surface area contributed by atoms with Crippen molar-refractivity contribution in [1.29, 1.82) is 0 Å². The van der Waals surface area contributed by atoms with E-state index in [1.807, 2.05) is 0 Å². The summed E-state index contributed by atoms with van der Waals surface area (Å²) < 4.78 is 0. The lowest BCUT2D eigenvalue weighted by atomic mass is 9.88. The van der Waals surface area contributed by atoms with E-state index in [1.54, 1.807) is 7.05 Å². The van der Waals surface area contributed by atoms with E-state index in [0.29, 0.717) is 24.2 Å². The molecular weight excluding hydrogens is 346 g/mol. The molecule has 2 N–H and O–H groups in total. The van der Waals surface area contributed by atoms with Crippen LogP contribution in [0.1, 0.15) is 56.1 Å². The Labute approximate surface area is 169 Å². The van der Waals surface area contributed by atoms with E-state index < -0.39 is 0 Å². The van der Waals surface area contributed by atoms with Crippen molar-refractivity contribution in [1.82, 2.24) is 5.32 Å². The van der Waals surface area contributed by atoms with E-state index in [0.717, 1.165) is 44.9 Å². The van der Waals surface area contributed by atoms with Crippen LogP contribution >= 0.6 is 0 Å². The van der Waals surface area contributed by atoms with Gasteiger partial charge in [-0.1, -0.05) is 53.6 Å². The molecule has 1 fully saturated rings. The molecule has 0 unspecified atom stereocenters. The maximum absolute atomic E-state index is 11.3. The van der Waals surface area contributed by atoms with Crippen LogP contribution in [0.4, 0.5) is 0 Å². The molecule has 2 aliphatic rings. The summed E-state index contributed by atoms with van der Waals surface area (Å²) in [7, 11) is 1.70. The van der Waals surface area contributed by atoms with Gasteiger partial charge in [0.05, 0.1) is 6.10 Å². The molecule has 1 saturated carbocycles. The molecule has 0 radical (unpaired) electrons. The lowest BCUT2D eigenvalue weighted by Crippen LogP contribution is -2.17. The fourth-order valence-electron chi connectivity index (χ4n) is 4.92. The van der Waals surface area contributed by atoms with Crippen LogP contribution in [-0.4, -0.2) is 24.2 Å². The first-order valence-corrected chi connectivity index (χ1v) is 10.9. The maximum atomic E-state index is 11.3. The molecule has 1 aromatic carbocycles. The second kappa shape index (κ2) is 10.1. The third-order valence-corrected chi connectivity index (χ3v) is 6.42. The molecular formula is C25H35NO2. The minimum Gasteiger partial charge on any atom is -0.392 e. The Morgan fingerprint density at radius 2 is 2.14 bits per heavy atom. The van der Waals surface area contributed by atoms with Gasteiger partial charge >= 0.3 is 0 Å². The Morgan fingerprint density at radius 3 is 2.93 bits per heavy atom. The van der Waals surface area contributed by atoms with Crippen molar-refractivity contribution in [3.05, 3.63) is 59.2 Å². The predicted molar refractivity (Wildman–Crippen MR) is 115 cm³/mol. The number of aliphatic hydroxyl groups is 1. The van der Waals surface area contributed by atoms with Gasteiger partial charge in [0.15, 0.2) is 0 Å². The number of fused-ring (bicyclic) bond motifs is 1. The van der Waals surface area contributed by atoms with Gasteiger partial charge in [0.1, 0.15) is 0 Å². The van der Waals surface area contributed by atoms with Gasteiger partial charge in [-0.3, -0.25) is 4.79 Å². The highest BCUT2D eigenvalue weighted by atomic mass is 16.3. The number of aliphatic hydroxyl groups excluding tert-OH is 1. The number of hydrogen-bond donors (Lipinski definition) is 2. The second-order valence-corrected chi connectivity index (χ2v) is 8.57. The van der Waals surface area contributed by atoms with Crippen LogP contribution in [0.25, 0.3) is 0 Å².